The van der Waals surface area contributed by atoms with E-state index >= 15 is 0 Å². The fourth-order valence-electron chi connectivity index (χ4n) is 3.51. The first-order valence-electron chi connectivity index (χ1n) is 9.49. The zero-order chi connectivity index (χ0) is 19.3. The van der Waals surface area contributed by atoms with E-state index < -0.39 is 5.54 Å². The van der Waals surface area contributed by atoms with Crippen molar-refractivity contribution in [3.63, 3.8) is 0 Å². The van der Waals surface area contributed by atoms with Gasteiger partial charge in [0, 0.05) is 18.4 Å². The Labute approximate surface area is 164 Å². The van der Waals surface area contributed by atoms with E-state index in [4.69, 9.17) is 20.9 Å². The van der Waals surface area contributed by atoms with E-state index in [0.717, 1.165) is 42.0 Å². The molecule has 1 N–H and O–H groups in total. The number of benzene rings is 1. The summed E-state index contributed by atoms with van der Waals surface area (Å²) in [6.07, 6.45) is 5.99. The Morgan fingerprint density at radius 1 is 1.30 bits per heavy atom. The Bertz CT molecular complexity index is 785. The summed E-state index contributed by atoms with van der Waals surface area (Å²) in [6, 6.07) is 5.56. The smallest absolute Gasteiger partial charge is 0.223 e. The molecule has 2 aromatic rings. The third kappa shape index (κ3) is 5.01. The number of carbonyl (C=O) groups is 1. The number of aryl methyl sites for hydroxylation is 2. The van der Waals surface area contributed by atoms with Crippen molar-refractivity contribution in [1.82, 2.24) is 15.5 Å². The van der Waals surface area contributed by atoms with Crippen molar-refractivity contribution in [1.29, 1.82) is 0 Å². The van der Waals surface area contributed by atoms with Crippen molar-refractivity contribution >= 4 is 17.5 Å². The van der Waals surface area contributed by atoms with Gasteiger partial charge in [0.25, 0.3) is 0 Å². The van der Waals surface area contributed by atoms with E-state index in [1.807, 2.05) is 25.1 Å². The van der Waals surface area contributed by atoms with Crippen LogP contribution < -0.4 is 10.1 Å². The number of hydrogen-bond donors (Lipinski definition) is 1. The molecule has 0 unspecified atom stereocenters. The highest BCUT2D eigenvalue weighted by molar-refractivity contribution is 6.31. The molecule has 7 heteroatoms. The molecule has 0 radical (unpaired) electrons. The maximum Gasteiger partial charge on any atom is 0.223 e. The minimum absolute atomic E-state index is 0.00441. The molecule has 0 spiro atoms. The number of amides is 1. The summed E-state index contributed by atoms with van der Waals surface area (Å²) in [5, 5.41) is 7.98. The lowest BCUT2D eigenvalue weighted by atomic mass is 9.81. The van der Waals surface area contributed by atoms with Gasteiger partial charge >= 0.3 is 0 Å². The minimum Gasteiger partial charge on any atom is -0.494 e. The first-order chi connectivity index (χ1) is 13.0. The van der Waals surface area contributed by atoms with Crippen molar-refractivity contribution in [2.75, 3.05) is 6.61 Å². The molecule has 1 aliphatic rings. The van der Waals surface area contributed by atoms with Crippen molar-refractivity contribution in [3.05, 3.63) is 40.5 Å². The Morgan fingerprint density at radius 2 is 2.07 bits per heavy atom. The van der Waals surface area contributed by atoms with Crippen LogP contribution in [0.3, 0.4) is 0 Å². The molecule has 6 nitrogen and oxygen atoms in total. The predicted octanol–water partition coefficient (Wildman–Crippen LogP) is 4.47. The van der Waals surface area contributed by atoms with Crippen molar-refractivity contribution in [2.45, 2.75) is 64.3 Å². The molecule has 3 rings (SSSR count). The lowest BCUT2D eigenvalue weighted by molar-refractivity contribution is -0.124. The van der Waals surface area contributed by atoms with Crippen molar-refractivity contribution < 1.29 is 14.1 Å². The van der Waals surface area contributed by atoms with Crippen LogP contribution in [0.2, 0.25) is 5.02 Å². The number of ether oxygens (including phenoxy) is 1. The van der Waals surface area contributed by atoms with Crippen LogP contribution in [0.15, 0.2) is 22.7 Å². The fourth-order valence-corrected chi connectivity index (χ4v) is 3.63. The fraction of sp³-hybridized carbons (Fsp3) is 0.550. The number of rotatable bonds is 7. The van der Waals surface area contributed by atoms with E-state index in [-0.39, 0.29) is 5.91 Å². The maximum absolute atomic E-state index is 12.5. The summed E-state index contributed by atoms with van der Waals surface area (Å²) in [5.74, 6) is 1.88. The van der Waals surface area contributed by atoms with Gasteiger partial charge in [-0.3, -0.25) is 4.79 Å². The standard InChI is InChI=1S/C20H26ClN3O3/c1-14-13-16(8-9-17(14)21)26-12-6-7-18(25)23-20(10-4-3-5-11-20)19-22-15(2)27-24-19/h8-9,13H,3-7,10-12H2,1-2H3,(H,23,25). The maximum atomic E-state index is 12.5. The second-order valence-electron chi connectivity index (χ2n) is 7.19. The molecular weight excluding hydrogens is 366 g/mol. The predicted molar refractivity (Wildman–Crippen MR) is 103 cm³/mol. The Hall–Kier alpha value is -2.08. The highest BCUT2D eigenvalue weighted by Crippen LogP contribution is 2.35. The number of halogens is 1. The van der Waals surface area contributed by atoms with Gasteiger partial charge in [-0.1, -0.05) is 36.0 Å². The highest BCUT2D eigenvalue weighted by Gasteiger charge is 2.39. The van der Waals surface area contributed by atoms with E-state index in [2.05, 4.69) is 15.5 Å². The Kier molecular flexibility index (Phi) is 6.37. The largest absolute Gasteiger partial charge is 0.494 e. The van der Waals surface area contributed by atoms with Crippen molar-refractivity contribution in [3.8, 4) is 5.75 Å². The number of carbonyl (C=O) groups excluding carboxylic acids is 1. The van der Waals surface area contributed by atoms with Crippen LogP contribution in [0.5, 0.6) is 5.75 Å². The first kappa shape index (κ1) is 19.7. The van der Waals surface area contributed by atoms with Gasteiger partial charge in [0.1, 0.15) is 11.3 Å². The van der Waals surface area contributed by atoms with Gasteiger partial charge in [-0.05, 0) is 49.9 Å². The van der Waals surface area contributed by atoms with Crippen LogP contribution in [-0.4, -0.2) is 22.7 Å². The second kappa shape index (κ2) is 8.74. The van der Waals surface area contributed by atoms with Gasteiger partial charge in [0.2, 0.25) is 11.8 Å². The van der Waals surface area contributed by atoms with Crippen LogP contribution in [0.4, 0.5) is 0 Å². The van der Waals surface area contributed by atoms with Crippen molar-refractivity contribution in [2.24, 2.45) is 0 Å². The summed E-state index contributed by atoms with van der Waals surface area (Å²) in [5.41, 5.74) is 0.475. The lowest BCUT2D eigenvalue weighted by Gasteiger charge is -2.35. The monoisotopic (exact) mass is 391 g/mol. The van der Waals surface area contributed by atoms with E-state index in [1.54, 1.807) is 6.92 Å². The average Bonchev–Trinajstić information content (AvgIpc) is 3.09. The van der Waals surface area contributed by atoms with Gasteiger partial charge < -0.3 is 14.6 Å². The van der Waals surface area contributed by atoms with Crippen LogP contribution in [0.25, 0.3) is 0 Å². The zero-order valence-electron chi connectivity index (χ0n) is 15.9. The molecule has 1 heterocycles. The minimum atomic E-state index is -0.499. The normalized spacial score (nSPS) is 16.1. The van der Waals surface area contributed by atoms with Gasteiger partial charge in [-0.25, -0.2) is 0 Å². The van der Waals surface area contributed by atoms with E-state index in [1.165, 1.54) is 6.42 Å². The molecule has 1 saturated carbocycles. The summed E-state index contributed by atoms with van der Waals surface area (Å²) in [6.45, 7) is 4.18. The van der Waals surface area contributed by atoms with Crippen LogP contribution in [-0.2, 0) is 10.3 Å². The highest BCUT2D eigenvalue weighted by atomic mass is 35.5. The first-order valence-corrected chi connectivity index (χ1v) is 9.87. The van der Waals surface area contributed by atoms with E-state index in [0.29, 0.717) is 31.2 Å². The summed E-state index contributed by atoms with van der Waals surface area (Å²) in [7, 11) is 0. The molecule has 0 bridgehead atoms. The topological polar surface area (TPSA) is 77.2 Å². The number of hydrogen-bond acceptors (Lipinski definition) is 5. The SMILES string of the molecule is Cc1nc(C2(NC(=O)CCCOc3ccc(Cl)c(C)c3)CCCCC2)no1. The quantitative estimate of drug-likeness (QED) is 0.704. The van der Waals surface area contributed by atoms with Crippen LogP contribution in [0, 0.1) is 13.8 Å². The summed E-state index contributed by atoms with van der Waals surface area (Å²) in [4.78, 5) is 16.9. The molecule has 146 valence electrons. The molecule has 1 aromatic carbocycles. The van der Waals surface area contributed by atoms with Crippen LogP contribution >= 0.6 is 11.6 Å². The summed E-state index contributed by atoms with van der Waals surface area (Å²) < 4.78 is 10.9. The number of aromatic nitrogens is 2. The van der Waals surface area contributed by atoms with Gasteiger partial charge in [0.05, 0.1) is 6.61 Å². The second-order valence-corrected chi connectivity index (χ2v) is 7.60. The molecule has 1 aliphatic carbocycles. The van der Waals surface area contributed by atoms with Gasteiger partial charge in [0.15, 0.2) is 5.82 Å². The molecule has 0 saturated heterocycles. The molecular formula is C20H26ClN3O3. The third-order valence-corrected chi connectivity index (χ3v) is 5.41. The van der Waals surface area contributed by atoms with E-state index in [9.17, 15) is 4.79 Å². The molecule has 27 heavy (non-hydrogen) atoms. The molecule has 0 atom stereocenters. The van der Waals surface area contributed by atoms with Gasteiger partial charge in [-0.2, -0.15) is 4.98 Å². The molecule has 0 aliphatic heterocycles. The zero-order valence-corrected chi connectivity index (χ0v) is 16.6. The lowest BCUT2D eigenvalue weighted by Crippen LogP contribution is -2.48. The molecule has 1 amide bonds. The average molecular weight is 392 g/mol. The number of nitrogens with one attached hydrogen (secondary N) is 1. The molecule has 1 aromatic heterocycles. The molecule has 1 fully saturated rings. The third-order valence-electron chi connectivity index (χ3n) is 4.99. The number of nitrogens with zero attached hydrogens (tertiary/aromatic N) is 2. The van der Waals surface area contributed by atoms with Gasteiger partial charge in [-0.15, -0.1) is 0 Å². The Morgan fingerprint density at radius 3 is 2.74 bits per heavy atom. The summed E-state index contributed by atoms with van der Waals surface area (Å²) >= 11 is 6.02. The Balaban J connectivity index is 1.51. The van der Waals surface area contributed by atoms with Crippen LogP contribution in [0.1, 0.15) is 62.2 Å².